The molecular weight excluding hydrogens is 486 g/mol. The first-order valence-corrected chi connectivity index (χ1v) is 12.1. The van der Waals surface area contributed by atoms with Crippen LogP contribution in [0.5, 0.6) is 0 Å². The average Bonchev–Trinajstić information content (AvgIpc) is 2.78. The average molecular weight is 501 g/mol. The van der Waals surface area contributed by atoms with Gasteiger partial charge in [-0.05, 0) is 18.3 Å². The lowest BCUT2D eigenvalue weighted by Gasteiger charge is -2.19. The van der Waals surface area contributed by atoms with Gasteiger partial charge in [-0.3, -0.25) is 9.09 Å². The second-order valence-corrected chi connectivity index (χ2v) is 10.2. The smallest absolute Gasteiger partial charge is 0.385 e. The molecule has 1 saturated heterocycles. The highest BCUT2D eigenvalue weighted by atomic mass is 32.1. The van der Waals surface area contributed by atoms with Gasteiger partial charge in [-0.2, -0.15) is 8.62 Å². The zero-order valence-corrected chi connectivity index (χ0v) is 17.4. The van der Waals surface area contributed by atoms with E-state index in [0.717, 1.165) is 4.57 Å². The highest BCUT2D eigenvalue weighted by Crippen LogP contribution is 2.66. The van der Waals surface area contributed by atoms with E-state index in [4.69, 9.17) is 37.4 Å². The van der Waals surface area contributed by atoms with Crippen molar-refractivity contribution in [3.63, 3.8) is 0 Å². The molecule has 0 saturated carbocycles. The minimum absolute atomic E-state index is 0.0553. The van der Waals surface area contributed by atoms with E-state index in [0.29, 0.717) is 0 Å². The Balaban J connectivity index is 2.05. The Bertz CT molecular complexity index is 956. The van der Waals surface area contributed by atoms with Crippen molar-refractivity contribution < 1.29 is 60.6 Å². The first-order valence-electron chi connectivity index (χ1n) is 7.21. The Morgan fingerprint density at radius 1 is 1.24 bits per heavy atom. The van der Waals surface area contributed by atoms with E-state index in [-0.39, 0.29) is 10.6 Å². The molecule has 0 spiro atoms. The number of rotatable bonds is 8. The molecule has 3 unspecified atom stereocenters. The lowest BCUT2D eigenvalue weighted by atomic mass is 10.1. The van der Waals surface area contributed by atoms with Gasteiger partial charge in [0.1, 0.15) is 18.0 Å². The van der Waals surface area contributed by atoms with E-state index >= 15 is 0 Å². The summed E-state index contributed by atoms with van der Waals surface area (Å²) in [7, 11) is -16.7. The molecule has 0 aromatic carbocycles. The van der Waals surface area contributed by atoms with Crippen molar-refractivity contribution in [2.45, 2.75) is 24.6 Å². The fourth-order valence-corrected chi connectivity index (χ4v) is 5.46. The third-order valence-corrected chi connectivity index (χ3v) is 7.34. The molecule has 0 aliphatic carbocycles. The van der Waals surface area contributed by atoms with Crippen LogP contribution in [0.1, 0.15) is 6.23 Å². The lowest BCUT2D eigenvalue weighted by Crippen LogP contribution is -2.30. The number of anilines is 1. The van der Waals surface area contributed by atoms with Crippen LogP contribution < -0.4 is 5.73 Å². The molecule has 1 aliphatic rings. The standard InChI is InChI=1S/C9H15FN3O12P3S/c10-6-4(3-22-27(18,19)25-28(20,21)24-26(15,16)17)23-8(7(6)14)13-2-1-5(11)12-9(13)29/h1-2,4,6-8,14H,3H2,(H,18,19)(H,20,21)(H2,11,12,29)(H2,15,16,17)/t4-,6?,7+,8-/m1/s1. The van der Waals surface area contributed by atoms with Crippen LogP contribution in [0, 0.1) is 4.77 Å². The SMILES string of the molecule is Nc1ccn([C@@H]2O[C@H](COP(=O)(O)OP(=O)(O)OP(=O)(O)O)C(F)[C@@H]2O)c(=S)n1. The maximum atomic E-state index is 14.3. The molecule has 2 heterocycles. The summed E-state index contributed by atoms with van der Waals surface area (Å²) in [4.78, 5) is 39.0. The molecule has 1 aromatic heterocycles. The Labute approximate surface area is 166 Å². The van der Waals surface area contributed by atoms with Gasteiger partial charge in [0.25, 0.3) is 0 Å². The quantitative estimate of drug-likeness (QED) is 0.205. The number of aliphatic hydroxyl groups excluding tert-OH is 1. The number of phosphoric ester groups is 1. The molecule has 0 bridgehead atoms. The molecule has 7 N–H and O–H groups in total. The van der Waals surface area contributed by atoms with Gasteiger partial charge in [-0.25, -0.2) is 23.1 Å². The maximum absolute atomic E-state index is 14.3. The van der Waals surface area contributed by atoms with Crippen LogP contribution in [0.25, 0.3) is 0 Å². The Morgan fingerprint density at radius 2 is 1.86 bits per heavy atom. The fraction of sp³-hybridized carbons (Fsp3) is 0.556. The summed E-state index contributed by atoms with van der Waals surface area (Å²) in [6.45, 7) is -1.08. The number of nitrogens with zero attached hydrogens (tertiary/aromatic N) is 2. The van der Waals surface area contributed by atoms with E-state index in [1.54, 1.807) is 0 Å². The van der Waals surface area contributed by atoms with Gasteiger partial charge in [-0.1, -0.05) is 0 Å². The van der Waals surface area contributed by atoms with Gasteiger partial charge in [0.2, 0.25) is 4.77 Å². The van der Waals surface area contributed by atoms with Gasteiger partial charge in [0, 0.05) is 6.20 Å². The molecule has 0 amide bonds. The number of ether oxygens (including phenoxy) is 1. The summed E-state index contributed by atoms with van der Waals surface area (Å²) in [5.74, 6) is 0.0553. The van der Waals surface area contributed by atoms with Crippen LogP contribution in [0.15, 0.2) is 12.3 Å². The first kappa shape index (κ1) is 24.6. The van der Waals surface area contributed by atoms with Crippen molar-refractivity contribution >= 4 is 41.5 Å². The summed E-state index contributed by atoms with van der Waals surface area (Å²) in [5.41, 5.74) is 5.44. The van der Waals surface area contributed by atoms with Gasteiger partial charge in [0.05, 0.1) is 6.61 Å². The summed E-state index contributed by atoms with van der Waals surface area (Å²) in [6.07, 6.45) is -5.77. The number of hydrogen-bond acceptors (Lipinski definition) is 11. The van der Waals surface area contributed by atoms with Crippen LogP contribution in [-0.4, -0.2) is 59.2 Å². The number of halogens is 1. The highest BCUT2D eigenvalue weighted by molar-refractivity contribution is 7.71. The summed E-state index contributed by atoms with van der Waals surface area (Å²) in [5, 5.41) is 9.98. The van der Waals surface area contributed by atoms with E-state index in [1.165, 1.54) is 12.3 Å². The number of aliphatic hydroxyl groups is 1. The zero-order valence-electron chi connectivity index (χ0n) is 13.9. The number of alkyl halides is 1. The Hall–Kier alpha value is -0.640. The summed E-state index contributed by atoms with van der Waals surface area (Å²) in [6, 6.07) is 1.29. The van der Waals surface area contributed by atoms with E-state index in [1.807, 2.05) is 0 Å². The third kappa shape index (κ3) is 6.94. The second-order valence-electron chi connectivity index (χ2n) is 5.43. The maximum Gasteiger partial charge on any atom is 0.490 e. The number of hydrogen-bond donors (Lipinski definition) is 6. The van der Waals surface area contributed by atoms with E-state index in [2.05, 4.69) is 18.1 Å². The molecule has 1 aromatic rings. The highest BCUT2D eigenvalue weighted by Gasteiger charge is 2.47. The predicted molar refractivity (Wildman–Crippen MR) is 92.1 cm³/mol. The molecule has 1 aliphatic heterocycles. The Kier molecular flexibility index (Phi) is 7.51. The molecule has 6 atom stereocenters. The van der Waals surface area contributed by atoms with Gasteiger partial charge >= 0.3 is 23.5 Å². The van der Waals surface area contributed by atoms with Crippen molar-refractivity contribution in [2.24, 2.45) is 0 Å². The van der Waals surface area contributed by atoms with Crippen molar-refractivity contribution in [3.05, 3.63) is 17.0 Å². The largest absolute Gasteiger partial charge is 0.490 e. The summed E-state index contributed by atoms with van der Waals surface area (Å²) < 4.78 is 65.1. The number of nitrogens with two attached hydrogens (primary N) is 1. The van der Waals surface area contributed by atoms with Gasteiger partial charge in [0.15, 0.2) is 12.4 Å². The van der Waals surface area contributed by atoms with E-state index < -0.39 is 54.7 Å². The van der Waals surface area contributed by atoms with Gasteiger partial charge in [-0.15, -0.1) is 0 Å². The van der Waals surface area contributed by atoms with Crippen molar-refractivity contribution in [1.82, 2.24) is 9.55 Å². The summed E-state index contributed by atoms with van der Waals surface area (Å²) >= 11 is 4.92. The molecule has 2 rings (SSSR count). The molecule has 20 heteroatoms. The van der Waals surface area contributed by atoms with Crippen LogP contribution in [-0.2, 0) is 31.6 Å². The number of aromatic nitrogens is 2. The molecule has 29 heavy (non-hydrogen) atoms. The van der Waals surface area contributed by atoms with Crippen LogP contribution in [0.3, 0.4) is 0 Å². The molecule has 15 nitrogen and oxygen atoms in total. The normalized spacial score (nSPS) is 29.3. The van der Waals surface area contributed by atoms with Gasteiger partial charge < -0.3 is 35.2 Å². The molecular formula is C9H15FN3O12P3S. The van der Waals surface area contributed by atoms with Crippen molar-refractivity contribution in [2.75, 3.05) is 12.3 Å². The fourth-order valence-electron chi connectivity index (χ4n) is 2.16. The molecule has 1 fully saturated rings. The van der Waals surface area contributed by atoms with Crippen molar-refractivity contribution in [1.29, 1.82) is 0 Å². The van der Waals surface area contributed by atoms with Crippen LogP contribution in [0.2, 0.25) is 0 Å². The second kappa shape index (κ2) is 8.85. The topological polar surface area (TPSA) is 233 Å². The van der Waals surface area contributed by atoms with E-state index in [9.17, 15) is 28.1 Å². The van der Waals surface area contributed by atoms with Crippen LogP contribution >= 0.6 is 35.7 Å². The third-order valence-electron chi connectivity index (χ3n) is 3.23. The molecule has 166 valence electrons. The first-order chi connectivity index (χ1) is 13.1. The molecule has 0 radical (unpaired) electrons. The number of nitrogen functional groups attached to an aromatic ring is 1. The predicted octanol–water partition coefficient (Wildman–Crippen LogP) is 0.134. The zero-order chi connectivity index (χ0) is 22.2. The lowest BCUT2D eigenvalue weighted by molar-refractivity contribution is -0.0520. The minimum Gasteiger partial charge on any atom is -0.385 e. The van der Waals surface area contributed by atoms with Crippen molar-refractivity contribution in [3.8, 4) is 0 Å². The minimum atomic E-state index is -5.72. The van der Waals surface area contributed by atoms with Crippen LogP contribution in [0.4, 0.5) is 10.2 Å². The number of phosphoric acid groups is 3. The monoisotopic (exact) mass is 501 g/mol. The Morgan fingerprint density at radius 3 is 2.41 bits per heavy atom.